The number of nitrogens with zero attached hydrogens (tertiary/aromatic N) is 2. The fraction of sp³-hybridized carbons (Fsp3) is 0. The molecule has 0 aliphatic heterocycles. The van der Waals surface area contributed by atoms with Gasteiger partial charge in [0.15, 0.2) is 12.1 Å². The highest BCUT2D eigenvalue weighted by Crippen LogP contribution is 2.26. The van der Waals surface area contributed by atoms with Crippen molar-refractivity contribution in [2.45, 2.75) is 0 Å². The molecular weight excluding hydrogens is 208 g/mol. The van der Waals surface area contributed by atoms with E-state index < -0.39 is 0 Å². The summed E-state index contributed by atoms with van der Waals surface area (Å²) in [4.78, 5) is 10.7. The molecule has 1 aromatic heterocycles. The van der Waals surface area contributed by atoms with Gasteiger partial charge in [-0.25, -0.2) is 4.68 Å². The van der Waals surface area contributed by atoms with Gasteiger partial charge in [0.1, 0.15) is 22.8 Å². The molecule has 6 nitrogen and oxygen atoms in total. The lowest BCUT2D eigenvalue weighted by Crippen LogP contribution is -2.03. The summed E-state index contributed by atoms with van der Waals surface area (Å²) in [6.07, 6.45) is 0.536. The number of hydrogen-bond donors (Lipinski definition) is 3. The number of nitrogens with two attached hydrogens (primary N) is 2. The topological polar surface area (TPSA) is 107 Å². The maximum atomic E-state index is 10.7. The summed E-state index contributed by atoms with van der Waals surface area (Å²) in [5.74, 6) is 0.152. The Balaban J connectivity index is 2.66. The second kappa shape index (κ2) is 3.58. The number of phenols is 1. The first-order valence-electron chi connectivity index (χ1n) is 4.52. The Bertz CT molecular complexity index is 548. The molecule has 6 heteroatoms. The molecule has 2 aromatic rings. The van der Waals surface area contributed by atoms with Crippen LogP contribution in [0, 0.1) is 0 Å². The first kappa shape index (κ1) is 10.0. The molecule has 0 unspecified atom stereocenters. The molecule has 82 valence electrons. The molecular formula is C10H10N4O2. The third-order valence-electron chi connectivity index (χ3n) is 2.22. The maximum absolute atomic E-state index is 10.7. The molecule has 5 N–H and O–H groups in total. The number of benzene rings is 1. The van der Waals surface area contributed by atoms with E-state index in [2.05, 4.69) is 5.10 Å². The molecule has 2 rings (SSSR count). The summed E-state index contributed by atoms with van der Waals surface area (Å²) in [5.41, 5.74) is 11.7. The molecule has 0 bridgehead atoms. The lowest BCUT2D eigenvalue weighted by atomic mass is 10.3. The minimum absolute atomic E-state index is 0.00847. The first-order chi connectivity index (χ1) is 7.65. The van der Waals surface area contributed by atoms with Gasteiger partial charge in [0, 0.05) is 0 Å². The van der Waals surface area contributed by atoms with Crippen LogP contribution in [0.15, 0.2) is 24.3 Å². The third-order valence-corrected chi connectivity index (χ3v) is 2.22. The zero-order valence-electron chi connectivity index (χ0n) is 8.29. The van der Waals surface area contributed by atoms with Gasteiger partial charge in [-0.05, 0) is 12.1 Å². The Morgan fingerprint density at radius 2 is 2.00 bits per heavy atom. The van der Waals surface area contributed by atoms with Gasteiger partial charge in [-0.2, -0.15) is 0 Å². The zero-order valence-corrected chi connectivity index (χ0v) is 8.29. The summed E-state index contributed by atoms with van der Waals surface area (Å²) in [6.45, 7) is 0. The van der Waals surface area contributed by atoms with Crippen LogP contribution < -0.4 is 11.5 Å². The second-order valence-electron chi connectivity index (χ2n) is 3.20. The van der Waals surface area contributed by atoms with E-state index in [1.165, 1.54) is 10.7 Å². The van der Waals surface area contributed by atoms with Gasteiger partial charge in [-0.3, -0.25) is 4.79 Å². The lowest BCUT2D eigenvalue weighted by Gasteiger charge is -2.05. The number of carbonyl (C=O) groups excluding carboxylic acids is 1. The van der Waals surface area contributed by atoms with Crippen molar-refractivity contribution in [3.63, 3.8) is 0 Å². The Morgan fingerprint density at radius 1 is 1.31 bits per heavy atom. The molecule has 0 atom stereocenters. The molecule has 0 aliphatic carbocycles. The Morgan fingerprint density at radius 3 is 2.56 bits per heavy atom. The number of aldehydes is 1. The fourth-order valence-electron chi connectivity index (χ4n) is 1.41. The van der Waals surface area contributed by atoms with Crippen molar-refractivity contribution in [2.24, 2.45) is 0 Å². The van der Waals surface area contributed by atoms with Gasteiger partial charge in [-0.15, -0.1) is 5.10 Å². The van der Waals surface area contributed by atoms with Crippen LogP contribution >= 0.6 is 0 Å². The van der Waals surface area contributed by atoms with Gasteiger partial charge in [0.05, 0.1) is 0 Å². The van der Waals surface area contributed by atoms with Gasteiger partial charge >= 0.3 is 0 Å². The van der Waals surface area contributed by atoms with E-state index in [1.807, 2.05) is 0 Å². The maximum Gasteiger partial charge on any atom is 0.158 e. The molecule has 0 aliphatic rings. The van der Waals surface area contributed by atoms with E-state index in [-0.39, 0.29) is 22.9 Å². The highest BCUT2D eigenvalue weighted by molar-refractivity contribution is 5.89. The second-order valence-corrected chi connectivity index (χ2v) is 3.20. The largest absolute Gasteiger partial charge is 0.506 e. The predicted octanol–water partition coefficient (Wildman–Crippen LogP) is 0.555. The van der Waals surface area contributed by atoms with Crippen molar-refractivity contribution in [1.29, 1.82) is 0 Å². The van der Waals surface area contributed by atoms with Gasteiger partial charge in [-0.1, -0.05) is 12.1 Å². The van der Waals surface area contributed by atoms with Crippen LogP contribution in [0.5, 0.6) is 5.75 Å². The summed E-state index contributed by atoms with van der Waals surface area (Å²) in [5, 5.41) is 13.5. The van der Waals surface area contributed by atoms with Crippen LogP contribution in [0.4, 0.5) is 11.6 Å². The third kappa shape index (κ3) is 1.36. The van der Waals surface area contributed by atoms with Gasteiger partial charge in [0.25, 0.3) is 0 Å². The number of hydrogen-bond acceptors (Lipinski definition) is 5. The van der Waals surface area contributed by atoms with Crippen LogP contribution in [0.25, 0.3) is 5.69 Å². The number of phenolic OH excluding ortho intramolecular Hbond substituents is 1. The van der Waals surface area contributed by atoms with E-state index in [9.17, 15) is 9.90 Å². The lowest BCUT2D eigenvalue weighted by molar-refractivity contribution is 0.112. The number of aromatic hydroxyl groups is 1. The van der Waals surface area contributed by atoms with E-state index >= 15 is 0 Å². The monoisotopic (exact) mass is 218 g/mol. The summed E-state index contributed by atoms with van der Waals surface area (Å²) in [7, 11) is 0. The number of anilines is 2. The van der Waals surface area contributed by atoms with E-state index in [0.29, 0.717) is 12.0 Å². The minimum atomic E-state index is 0.00847. The molecule has 16 heavy (non-hydrogen) atoms. The number of aromatic nitrogens is 2. The first-order valence-corrected chi connectivity index (χ1v) is 4.52. The zero-order chi connectivity index (χ0) is 11.7. The number of carbonyl (C=O) groups is 1. The van der Waals surface area contributed by atoms with Gasteiger partial charge < -0.3 is 16.6 Å². The van der Waals surface area contributed by atoms with Crippen LogP contribution in [-0.4, -0.2) is 21.2 Å². The van der Waals surface area contributed by atoms with Crippen molar-refractivity contribution in [3.05, 3.63) is 29.8 Å². The Labute approximate surface area is 91.1 Å². The molecule has 1 heterocycles. The molecule has 0 fully saturated rings. The Kier molecular flexibility index (Phi) is 2.24. The number of nitrogen functional groups attached to an aromatic ring is 2. The molecule has 0 spiro atoms. The van der Waals surface area contributed by atoms with Crippen LogP contribution in [-0.2, 0) is 0 Å². The summed E-state index contributed by atoms with van der Waals surface area (Å²) >= 11 is 0. The SMILES string of the molecule is Nc1nn(-c2ccccc2O)c(N)c1C=O. The average Bonchev–Trinajstić information content (AvgIpc) is 2.55. The predicted molar refractivity (Wildman–Crippen MR) is 59.4 cm³/mol. The number of para-hydroxylation sites is 2. The quantitative estimate of drug-likeness (QED) is 0.638. The average molecular weight is 218 g/mol. The van der Waals surface area contributed by atoms with Crippen molar-refractivity contribution in [2.75, 3.05) is 11.5 Å². The standard InChI is InChI=1S/C10H10N4O2/c11-9-6(5-15)10(12)14(13-9)7-3-1-2-4-8(7)16/h1-5,16H,12H2,(H2,11,13). The molecule has 0 saturated heterocycles. The summed E-state index contributed by atoms with van der Waals surface area (Å²) < 4.78 is 1.23. The van der Waals surface area contributed by atoms with Crippen LogP contribution in [0.1, 0.15) is 10.4 Å². The van der Waals surface area contributed by atoms with E-state index in [1.54, 1.807) is 18.2 Å². The number of rotatable bonds is 2. The van der Waals surface area contributed by atoms with E-state index in [0.717, 1.165) is 0 Å². The van der Waals surface area contributed by atoms with Gasteiger partial charge in [0.2, 0.25) is 0 Å². The molecule has 0 amide bonds. The molecule has 0 saturated carbocycles. The van der Waals surface area contributed by atoms with Crippen molar-refractivity contribution < 1.29 is 9.90 Å². The molecule has 0 radical (unpaired) electrons. The highest BCUT2D eigenvalue weighted by Gasteiger charge is 2.15. The van der Waals surface area contributed by atoms with E-state index in [4.69, 9.17) is 11.5 Å². The summed E-state index contributed by atoms with van der Waals surface area (Å²) in [6, 6.07) is 6.50. The van der Waals surface area contributed by atoms with Crippen molar-refractivity contribution in [3.8, 4) is 11.4 Å². The highest BCUT2D eigenvalue weighted by atomic mass is 16.3. The van der Waals surface area contributed by atoms with Crippen LogP contribution in [0.3, 0.4) is 0 Å². The Hall–Kier alpha value is -2.50. The van der Waals surface area contributed by atoms with Crippen LogP contribution in [0.2, 0.25) is 0 Å². The van der Waals surface area contributed by atoms with Crippen molar-refractivity contribution in [1.82, 2.24) is 9.78 Å². The minimum Gasteiger partial charge on any atom is -0.506 e. The fourth-order valence-corrected chi connectivity index (χ4v) is 1.41. The van der Waals surface area contributed by atoms with Crippen molar-refractivity contribution >= 4 is 17.9 Å². The molecule has 1 aromatic carbocycles. The normalized spacial score (nSPS) is 10.2. The smallest absolute Gasteiger partial charge is 0.158 e.